The molecule has 1 fully saturated rings. The number of carboxylic acids is 1. The lowest BCUT2D eigenvalue weighted by molar-refractivity contribution is -0.207. The molecular formula is C31H30Cl2O8. The van der Waals surface area contributed by atoms with Gasteiger partial charge in [0.25, 0.3) is 0 Å². The fraction of sp³-hybridized carbons (Fsp3) is 0.290. The first kappa shape index (κ1) is 30.6. The Balaban J connectivity index is 1.47. The second-order valence-electron chi connectivity index (χ2n) is 9.96. The summed E-state index contributed by atoms with van der Waals surface area (Å²) in [5, 5.41) is 41.8. The third-order valence-corrected chi connectivity index (χ3v) is 7.64. The minimum absolute atomic E-state index is 0.00748. The van der Waals surface area contributed by atoms with Crippen LogP contribution in [0.3, 0.4) is 0 Å². The van der Waals surface area contributed by atoms with Crippen molar-refractivity contribution in [1.29, 1.82) is 0 Å². The lowest BCUT2D eigenvalue weighted by atomic mass is 9.79. The number of ether oxygens (including phenoxy) is 2. The Morgan fingerprint density at radius 2 is 1.46 bits per heavy atom. The van der Waals surface area contributed by atoms with Gasteiger partial charge in [0.15, 0.2) is 5.60 Å². The van der Waals surface area contributed by atoms with Gasteiger partial charge in [0.1, 0.15) is 18.0 Å². The summed E-state index contributed by atoms with van der Waals surface area (Å²) in [6.45, 7) is -0.00748. The van der Waals surface area contributed by atoms with Crippen LogP contribution in [0.15, 0.2) is 78.9 Å². The number of hydrogen-bond donors (Lipinski definition) is 4. The van der Waals surface area contributed by atoms with Gasteiger partial charge in [0.2, 0.25) is 0 Å². The first-order valence-electron chi connectivity index (χ1n) is 13.0. The zero-order chi connectivity index (χ0) is 29.6. The maximum absolute atomic E-state index is 12.5. The minimum Gasteiger partial charge on any atom is -0.508 e. The Kier molecular flexibility index (Phi) is 10.1. The van der Waals surface area contributed by atoms with E-state index in [0.29, 0.717) is 22.0 Å². The van der Waals surface area contributed by atoms with Crippen LogP contribution < -0.4 is 0 Å². The molecule has 4 rings (SSSR count). The highest BCUT2D eigenvalue weighted by Crippen LogP contribution is 2.36. The highest BCUT2D eigenvalue weighted by molar-refractivity contribution is 6.30. The van der Waals surface area contributed by atoms with Gasteiger partial charge in [0.05, 0.1) is 6.10 Å². The molecule has 8 nitrogen and oxygen atoms in total. The van der Waals surface area contributed by atoms with Crippen LogP contribution in [-0.4, -0.2) is 62.9 Å². The predicted octanol–water partition coefficient (Wildman–Crippen LogP) is 5.20. The third-order valence-electron chi connectivity index (χ3n) is 7.14. The van der Waals surface area contributed by atoms with Crippen LogP contribution in [0, 0.1) is 0 Å². The van der Waals surface area contributed by atoms with Crippen LogP contribution in [0.4, 0.5) is 0 Å². The second kappa shape index (κ2) is 13.5. The Hall–Kier alpha value is -3.40. The molecule has 0 heterocycles. The molecule has 41 heavy (non-hydrogen) atoms. The van der Waals surface area contributed by atoms with E-state index in [1.54, 1.807) is 36.4 Å². The van der Waals surface area contributed by atoms with Gasteiger partial charge in [-0.2, -0.15) is 0 Å². The van der Waals surface area contributed by atoms with E-state index in [9.17, 15) is 30.0 Å². The molecule has 4 N–H and O–H groups in total. The molecule has 0 amide bonds. The number of phenols is 1. The molecular weight excluding hydrogens is 571 g/mol. The first-order chi connectivity index (χ1) is 19.6. The smallest absolute Gasteiger partial charge is 0.336 e. The topological polar surface area (TPSA) is 134 Å². The van der Waals surface area contributed by atoms with Gasteiger partial charge in [-0.1, -0.05) is 59.6 Å². The quantitative estimate of drug-likeness (QED) is 0.184. The molecule has 0 radical (unpaired) electrons. The van der Waals surface area contributed by atoms with Crippen molar-refractivity contribution in [2.24, 2.45) is 0 Å². The number of aliphatic carboxylic acids is 1. The van der Waals surface area contributed by atoms with Gasteiger partial charge in [0, 0.05) is 41.5 Å². The average Bonchev–Trinajstić information content (AvgIpc) is 2.94. The molecule has 1 saturated carbocycles. The Labute approximate surface area is 247 Å². The van der Waals surface area contributed by atoms with E-state index in [1.165, 1.54) is 18.2 Å². The largest absolute Gasteiger partial charge is 0.508 e. The number of aliphatic hydroxyl groups is 2. The molecule has 3 aromatic rings. The van der Waals surface area contributed by atoms with Crippen molar-refractivity contribution >= 4 is 41.2 Å². The van der Waals surface area contributed by atoms with Crippen molar-refractivity contribution < 1.29 is 39.5 Å². The number of aliphatic hydroxyl groups excluding tert-OH is 2. The molecule has 0 bridgehead atoms. The number of halogens is 2. The molecule has 0 spiro atoms. The van der Waals surface area contributed by atoms with Crippen molar-refractivity contribution in [1.82, 2.24) is 0 Å². The van der Waals surface area contributed by atoms with Gasteiger partial charge in [-0.3, -0.25) is 0 Å². The number of benzene rings is 3. The first-order valence-corrected chi connectivity index (χ1v) is 13.7. The van der Waals surface area contributed by atoms with Crippen molar-refractivity contribution in [3.05, 3.63) is 106 Å². The number of hydrogen-bond acceptors (Lipinski definition) is 7. The monoisotopic (exact) mass is 600 g/mol. The lowest BCUT2D eigenvalue weighted by Gasteiger charge is -2.42. The van der Waals surface area contributed by atoms with Crippen LogP contribution >= 0.6 is 23.2 Å². The maximum Gasteiger partial charge on any atom is 0.336 e. The number of carbonyl (C=O) groups is 2. The molecule has 0 aliphatic heterocycles. The molecule has 0 aromatic heterocycles. The van der Waals surface area contributed by atoms with Crippen LogP contribution in [0.5, 0.6) is 5.75 Å². The zero-order valence-electron chi connectivity index (χ0n) is 21.9. The molecule has 4 atom stereocenters. The van der Waals surface area contributed by atoms with Gasteiger partial charge < -0.3 is 29.9 Å². The van der Waals surface area contributed by atoms with Gasteiger partial charge in [-0.05, 0) is 65.6 Å². The summed E-state index contributed by atoms with van der Waals surface area (Å²) >= 11 is 12.1. The molecule has 10 heteroatoms. The fourth-order valence-corrected chi connectivity index (χ4v) is 5.18. The van der Waals surface area contributed by atoms with E-state index in [1.807, 2.05) is 24.3 Å². The van der Waals surface area contributed by atoms with E-state index in [0.717, 1.165) is 17.2 Å². The molecule has 1 aliphatic rings. The summed E-state index contributed by atoms with van der Waals surface area (Å²) < 4.78 is 11.3. The van der Waals surface area contributed by atoms with E-state index >= 15 is 0 Å². The molecule has 3 aromatic carbocycles. The van der Waals surface area contributed by atoms with E-state index in [4.69, 9.17) is 32.7 Å². The Morgan fingerprint density at radius 1 is 0.902 bits per heavy atom. The van der Waals surface area contributed by atoms with Gasteiger partial charge in [-0.15, -0.1) is 0 Å². The normalized spacial score (nSPS) is 22.6. The Morgan fingerprint density at radius 3 is 2.00 bits per heavy atom. The molecule has 1 aliphatic carbocycles. The predicted molar refractivity (Wildman–Crippen MR) is 154 cm³/mol. The van der Waals surface area contributed by atoms with Crippen LogP contribution in [0.25, 0.3) is 6.08 Å². The molecule has 216 valence electrons. The van der Waals surface area contributed by atoms with Crippen molar-refractivity contribution in [2.45, 2.75) is 49.1 Å². The van der Waals surface area contributed by atoms with Crippen LogP contribution in [0.2, 0.25) is 10.0 Å². The van der Waals surface area contributed by atoms with E-state index < -0.39 is 35.9 Å². The van der Waals surface area contributed by atoms with Crippen LogP contribution in [-0.2, 0) is 19.1 Å². The van der Waals surface area contributed by atoms with Crippen molar-refractivity contribution in [2.75, 3.05) is 6.61 Å². The summed E-state index contributed by atoms with van der Waals surface area (Å²) in [5.74, 6) is -2.27. The van der Waals surface area contributed by atoms with E-state index in [2.05, 4.69) is 0 Å². The number of carboxylic acid groups (broad SMARTS) is 1. The maximum atomic E-state index is 12.5. The summed E-state index contributed by atoms with van der Waals surface area (Å²) in [6, 6.07) is 20.7. The molecule has 0 unspecified atom stereocenters. The highest BCUT2D eigenvalue weighted by atomic mass is 35.5. The lowest BCUT2D eigenvalue weighted by Crippen LogP contribution is -2.58. The summed E-state index contributed by atoms with van der Waals surface area (Å²) in [5.41, 5.74) is 0.601. The summed E-state index contributed by atoms with van der Waals surface area (Å²) in [6.07, 6.45) is -2.10. The van der Waals surface area contributed by atoms with Crippen LogP contribution in [0.1, 0.15) is 41.9 Å². The summed E-state index contributed by atoms with van der Waals surface area (Å²) in [7, 11) is 0. The van der Waals surface area contributed by atoms with E-state index in [-0.39, 0.29) is 31.1 Å². The Bertz CT molecular complexity index is 1310. The number of rotatable bonds is 10. The fourth-order valence-electron chi connectivity index (χ4n) is 4.93. The second-order valence-corrected chi connectivity index (χ2v) is 10.8. The number of aromatic hydroxyl groups is 1. The zero-order valence-corrected chi connectivity index (χ0v) is 23.4. The number of carbonyl (C=O) groups excluding carboxylic acids is 1. The average molecular weight is 601 g/mol. The van der Waals surface area contributed by atoms with Gasteiger partial charge in [-0.25, -0.2) is 9.59 Å². The SMILES string of the molecule is O=C(C=Cc1ccc(O)cc1)O[C@@H]1C[C@](OCCC(c2ccc(Cl)cc2)c2ccc(Cl)cc2)(C(=O)O)C[C@H](O)[C@H]1O. The third kappa shape index (κ3) is 7.87. The molecule has 0 saturated heterocycles. The highest BCUT2D eigenvalue weighted by Gasteiger charge is 2.52. The van der Waals surface area contributed by atoms with Crippen molar-refractivity contribution in [3.8, 4) is 5.75 Å². The summed E-state index contributed by atoms with van der Waals surface area (Å²) in [4.78, 5) is 25.0. The number of phenolic OH excluding ortho intramolecular Hbond substituents is 1. The van der Waals surface area contributed by atoms with Crippen molar-refractivity contribution in [3.63, 3.8) is 0 Å². The number of esters is 1. The van der Waals surface area contributed by atoms with Gasteiger partial charge >= 0.3 is 11.9 Å². The standard InChI is InChI=1S/C31H30Cl2O8/c32-22-8-4-20(5-9-22)25(21-6-10-23(33)11-7-21)15-16-40-31(30(38)39)17-26(35)29(37)27(18-31)41-28(36)14-3-19-1-12-24(34)13-2-19/h1-14,25-27,29,34-35,37H,15-18H2,(H,38,39)/t26-,27+,29+,31-/m0/s1. The minimum atomic E-state index is -1.89.